The lowest BCUT2D eigenvalue weighted by molar-refractivity contribution is -0.550. The Morgan fingerprint density at radius 1 is 1.36 bits per heavy atom. The van der Waals surface area contributed by atoms with Gasteiger partial charge in [0, 0.05) is 0 Å². The minimum Gasteiger partial charge on any atom is -0.497 e. The first kappa shape index (κ1) is 8.99. The molecule has 2 rings (SSSR count). The van der Waals surface area contributed by atoms with Crippen molar-refractivity contribution in [2.75, 3.05) is 32.3 Å². The van der Waals surface area contributed by atoms with E-state index >= 15 is 0 Å². The summed E-state index contributed by atoms with van der Waals surface area (Å²) in [5.74, 6) is 0.876. The fourth-order valence-electron chi connectivity index (χ4n) is 1.45. The van der Waals surface area contributed by atoms with Crippen LogP contribution in [-0.2, 0) is 0 Å². The minimum atomic E-state index is 0.876. The SMILES string of the molecule is COc1ccc(N2CC[N+](C)=N2)cc1. The van der Waals surface area contributed by atoms with Crippen molar-refractivity contribution in [3.63, 3.8) is 0 Å². The van der Waals surface area contributed by atoms with Crippen molar-refractivity contribution >= 4 is 5.69 Å². The molecule has 1 heterocycles. The zero-order valence-corrected chi connectivity index (χ0v) is 8.47. The predicted molar refractivity (Wildman–Crippen MR) is 53.8 cm³/mol. The average molecular weight is 192 g/mol. The number of rotatable bonds is 2. The highest BCUT2D eigenvalue weighted by molar-refractivity contribution is 5.48. The van der Waals surface area contributed by atoms with Crippen molar-refractivity contribution in [2.45, 2.75) is 0 Å². The summed E-state index contributed by atoms with van der Waals surface area (Å²) in [5.41, 5.74) is 1.11. The van der Waals surface area contributed by atoms with Crippen molar-refractivity contribution in [2.24, 2.45) is 5.22 Å². The highest BCUT2D eigenvalue weighted by atomic mass is 16.5. The number of likely N-dealkylation sites (N-methyl/N-ethyl adjacent to an activating group) is 1. The molecule has 1 aliphatic rings. The van der Waals surface area contributed by atoms with Gasteiger partial charge >= 0.3 is 0 Å². The third-order valence-electron chi connectivity index (χ3n) is 2.27. The fourth-order valence-corrected chi connectivity index (χ4v) is 1.45. The second-order valence-electron chi connectivity index (χ2n) is 3.29. The van der Waals surface area contributed by atoms with Crippen LogP contribution in [0.4, 0.5) is 5.69 Å². The number of benzene rings is 1. The number of anilines is 1. The molecule has 0 aliphatic carbocycles. The van der Waals surface area contributed by atoms with Crippen LogP contribution in [0.3, 0.4) is 0 Å². The predicted octanol–water partition coefficient (Wildman–Crippen LogP) is 1.52. The first-order valence-electron chi connectivity index (χ1n) is 4.64. The number of nitrogens with zero attached hydrogens (tertiary/aromatic N) is 3. The van der Waals surface area contributed by atoms with Crippen molar-refractivity contribution in [3.05, 3.63) is 24.3 Å². The molecule has 1 aliphatic heterocycles. The third-order valence-corrected chi connectivity index (χ3v) is 2.27. The van der Waals surface area contributed by atoms with Crippen LogP contribution in [0.5, 0.6) is 5.75 Å². The molecule has 74 valence electrons. The topological polar surface area (TPSA) is 27.8 Å². The van der Waals surface area contributed by atoms with Gasteiger partial charge in [0.2, 0.25) is 0 Å². The standard InChI is InChI=1S/C10H14N3O/c1-12-7-8-13(11-12)9-3-5-10(14-2)6-4-9/h3-6H,7-8H2,1-2H3/q+1. The molecule has 0 saturated heterocycles. The molecule has 0 N–H and O–H groups in total. The van der Waals surface area contributed by atoms with Gasteiger partial charge < -0.3 is 4.74 Å². The molecule has 0 amide bonds. The van der Waals surface area contributed by atoms with Crippen LogP contribution < -0.4 is 9.75 Å². The highest BCUT2D eigenvalue weighted by Gasteiger charge is 2.20. The minimum absolute atomic E-state index is 0.876. The number of ether oxygens (including phenoxy) is 1. The molecule has 0 unspecified atom stereocenters. The maximum atomic E-state index is 5.09. The Morgan fingerprint density at radius 2 is 2.07 bits per heavy atom. The van der Waals surface area contributed by atoms with Crippen molar-refractivity contribution < 1.29 is 9.43 Å². The summed E-state index contributed by atoms with van der Waals surface area (Å²) in [6.07, 6.45) is 0. The van der Waals surface area contributed by atoms with E-state index in [1.165, 1.54) is 0 Å². The lowest BCUT2D eigenvalue weighted by Gasteiger charge is -2.04. The van der Waals surface area contributed by atoms with Crippen LogP contribution in [0.15, 0.2) is 29.5 Å². The van der Waals surface area contributed by atoms with Gasteiger partial charge in [-0.1, -0.05) is 0 Å². The first-order chi connectivity index (χ1) is 6.79. The molecule has 0 bridgehead atoms. The van der Waals surface area contributed by atoms with E-state index < -0.39 is 0 Å². The number of methoxy groups -OCH3 is 1. The molecule has 0 atom stereocenters. The van der Waals surface area contributed by atoms with E-state index in [1.54, 1.807) is 7.11 Å². The van der Waals surface area contributed by atoms with Crippen molar-refractivity contribution in [1.29, 1.82) is 0 Å². The van der Waals surface area contributed by atoms with Crippen molar-refractivity contribution in [1.82, 2.24) is 0 Å². The maximum absolute atomic E-state index is 5.09. The molecule has 0 radical (unpaired) electrons. The van der Waals surface area contributed by atoms with Crippen LogP contribution >= 0.6 is 0 Å². The van der Waals surface area contributed by atoms with Crippen LogP contribution in [-0.4, -0.2) is 31.9 Å². The van der Waals surface area contributed by atoms with Gasteiger partial charge in [0.05, 0.1) is 19.4 Å². The van der Waals surface area contributed by atoms with Gasteiger partial charge in [0.1, 0.15) is 18.0 Å². The Morgan fingerprint density at radius 3 is 2.57 bits per heavy atom. The Kier molecular flexibility index (Phi) is 2.35. The second-order valence-corrected chi connectivity index (χ2v) is 3.29. The molecular formula is C10H14N3O+. The van der Waals surface area contributed by atoms with Gasteiger partial charge in [-0.15, -0.1) is 5.01 Å². The molecule has 4 nitrogen and oxygen atoms in total. The normalized spacial score (nSPS) is 15.6. The molecule has 0 aromatic heterocycles. The van der Waals surface area contributed by atoms with Crippen LogP contribution in [0, 0.1) is 0 Å². The highest BCUT2D eigenvalue weighted by Crippen LogP contribution is 2.20. The zero-order valence-electron chi connectivity index (χ0n) is 8.47. The smallest absolute Gasteiger partial charge is 0.153 e. The van der Waals surface area contributed by atoms with E-state index in [-0.39, 0.29) is 0 Å². The van der Waals surface area contributed by atoms with E-state index in [2.05, 4.69) is 5.22 Å². The van der Waals surface area contributed by atoms with Gasteiger partial charge in [-0.2, -0.15) is 4.70 Å². The average Bonchev–Trinajstić information content (AvgIpc) is 2.65. The van der Waals surface area contributed by atoms with Crippen LogP contribution in [0.25, 0.3) is 0 Å². The first-order valence-corrected chi connectivity index (χ1v) is 4.64. The summed E-state index contributed by atoms with van der Waals surface area (Å²) in [5, 5.41) is 6.33. The molecule has 1 aromatic rings. The molecular weight excluding hydrogens is 178 g/mol. The van der Waals surface area contributed by atoms with E-state index in [1.807, 2.05) is 41.0 Å². The van der Waals surface area contributed by atoms with E-state index in [0.717, 1.165) is 24.5 Å². The quantitative estimate of drug-likeness (QED) is 0.664. The van der Waals surface area contributed by atoms with Gasteiger partial charge in [0.15, 0.2) is 6.54 Å². The lowest BCUT2D eigenvalue weighted by atomic mass is 10.3. The summed E-state index contributed by atoms with van der Waals surface area (Å²) in [6.45, 7) is 1.93. The molecule has 1 aromatic carbocycles. The molecule has 0 fully saturated rings. The van der Waals surface area contributed by atoms with E-state index in [0.29, 0.717) is 0 Å². The molecule has 0 spiro atoms. The van der Waals surface area contributed by atoms with Gasteiger partial charge in [-0.3, -0.25) is 0 Å². The second kappa shape index (κ2) is 3.65. The fraction of sp³-hybridized carbons (Fsp3) is 0.400. The summed E-state index contributed by atoms with van der Waals surface area (Å²) in [6, 6.07) is 7.93. The number of hydrogen-bond donors (Lipinski definition) is 0. The Balaban J connectivity index is 2.17. The molecule has 4 heteroatoms. The molecule has 0 saturated carbocycles. The Hall–Kier alpha value is -1.58. The largest absolute Gasteiger partial charge is 0.497 e. The van der Waals surface area contributed by atoms with Crippen molar-refractivity contribution in [3.8, 4) is 5.75 Å². The summed E-state index contributed by atoms with van der Waals surface area (Å²) < 4.78 is 7.03. The lowest BCUT2D eigenvalue weighted by Crippen LogP contribution is -2.13. The van der Waals surface area contributed by atoms with E-state index in [4.69, 9.17) is 4.74 Å². The van der Waals surface area contributed by atoms with Crippen LogP contribution in [0.2, 0.25) is 0 Å². The maximum Gasteiger partial charge on any atom is 0.153 e. The molecule has 14 heavy (non-hydrogen) atoms. The Labute approximate surface area is 83.4 Å². The van der Waals surface area contributed by atoms with Gasteiger partial charge in [-0.25, -0.2) is 0 Å². The summed E-state index contributed by atoms with van der Waals surface area (Å²) >= 11 is 0. The zero-order chi connectivity index (χ0) is 9.97. The van der Waals surface area contributed by atoms with Gasteiger partial charge in [0.25, 0.3) is 0 Å². The Bertz CT molecular complexity index is 345. The summed E-state index contributed by atoms with van der Waals surface area (Å²) in [7, 11) is 3.65. The van der Waals surface area contributed by atoms with Crippen LogP contribution in [0.1, 0.15) is 0 Å². The monoisotopic (exact) mass is 192 g/mol. The summed E-state index contributed by atoms with van der Waals surface area (Å²) in [4.78, 5) is 0. The van der Waals surface area contributed by atoms with E-state index in [9.17, 15) is 0 Å². The number of hydrogen-bond acceptors (Lipinski definition) is 3. The van der Waals surface area contributed by atoms with Gasteiger partial charge in [-0.05, 0) is 24.3 Å². The third kappa shape index (κ3) is 1.69.